The lowest BCUT2D eigenvalue weighted by Crippen LogP contribution is -2.25. The molecule has 4 rings (SSSR count). The average Bonchev–Trinajstić information content (AvgIpc) is 3.15. The van der Waals surface area contributed by atoms with Gasteiger partial charge in [0.15, 0.2) is 12.4 Å². The highest BCUT2D eigenvalue weighted by atomic mass is 32.2. The molecule has 8 heteroatoms. The van der Waals surface area contributed by atoms with Gasteiger partial charge < -0.3 is 14.5 Å². The van der Waals surface area contributed by atoms with Crippen LogP contribution in [-0.2, 0) is 4.79 Å². The number of aromatic nitrogens is 2. The number of hydrogen-bond donors (Lipinski definition) is 1. The molecule has 1 fully saturated rings. The van der Waals surface area contributed by atoms with Gasteiger partial charge in [-0.3, -0.25) is 9.59 Å². The van der Waals surface area contributed by atoms with Crippen molar-refractivity contribution in [1.82, 2.24) is 10.2 Å². The lowest BCUT2D eigenvalue weighted by molar-refractivity contribution is -0.118. The zero-order chi connectivity index (χ0) is 17.9. The van der Waals surface area contributed by atoms with Crippen molar-refractivity contribution in [3.05, 3.63) is 29.7 Å². The van der Waals surface area contributed by atoms with Gasteiger partial charge >= 0.3 is 0 Å². The molecule has 7 nitrogen and oxygen atoms in total. The molecule has 0 radical (unpaired) electrons. The molecular formula is C18H19N3O4S. The molecule has 2 aromatic rings. The topological polar surface area (TPSA) is 94.3 Å². The number of thioether (sulfide) groups is 1. The van der Waals surface area contributed by atoms with Crippen molar-refractivity contribution in [2.24, 2.45) is 0 Å². The number of hydrogen-bond acceptors (Lipinski definition) is 7. The maximum atomic E-state index is 12.4. The predicted octanol–water partition coefficient (Wildman–Crippen LogP) is 3.42. The summed E-state index contributed by atoms with van der Waals surface area (Å²) in [5, 5.41) is 11.3. The van der Waals surface area contributed by atoms with Gasteiger partial charge in [-0.25, -0.2) is 0 Å². The van der Waals surface area contributed by atoms with Crippen molar-refractivity contribution < 1.29 is 18.7 Å². The third-order valence-corrected chi connectivity index (χ3v) is 5.46. The molecule has 1 aliphatic heterocycles. The summed E-state index contributed by atoms with van der Waals surface area (Å²) in [6, 6.07) is 5.03. The van der Waals surface area contributed by atoms with Crippen LogP contribution in [0.5, 0.6) is 5.75 Å². The highest BCUT2D eigenvalue weighted by Gasteiger charge is 2.22. The number of rotatable bonds is 5. The van der Waals surface area contributed by atoms with E-state index in [0.717, 1.165) is 12.8 Å². The third-order valence-electron chi connectivity index (χ3n) is 4.64. The second-order valence-corrected chi connectivity index (χ2v) is 7.43. The first-order valence-corrected chi connectivity index (χ1v) is 9.74. The van der Waals surface area contributed by atoms with Gasteiger partial charge in [-0.2, -0.15) is 0 Å². The van der Waals surface area contributed by atoms with Crippen LogP contribution in [-0.4, -0.2) is 34.2 Å². The number of benzene rings is 1. The van der Waals surface area contributed by atoms with E-state index >= 15 is 0 Å². The second-order valence-electron chi connectivity index (χ2n) is 6.50. The Bertz CT molecular complexity index is 830. The van der Waals surface area contributed by atoms with Crippen LogP contribution in [0.25, 0.3) is 0 Å². The van der Waals surface area contributed by atoms with Gasteiger partial charge in [0.25, 0.3) is 11.1 Å². The summed E-state index contributed by atoms with van der Waals surface area (Å²) in [6.07, 6.45) is 5.86. The summed E-state index contributed by atoms with van der Waals surface area (Å²) in [5.74, 6) is 1.51. The van der Waals surface area contributed by atoms with Gasteiger partial charge in [0.1, 0.15) is 5.75 Å². The molecular weight excluding hydrogens is 354 g/mol. The van der Waals surface area contributed by atoms with E-state index in [1.807, 2.05) is 0 Å². The summed E-state index contributed by atoms with van der Waals surface area (Å²) in [6.45, 7) is -0.00334. The fourth-order valence-electron chi connectivity index (χ4n) is 3.26. The van der Waals surface area contributed by atoms with Crippen LogP contribution >= 0.6 is 11.8 Å². The van der Waals surface area contributed by atoms with Gasteiger partial charge in [0.05, 0.1) is 11.4 Å². The number of nitrogens with zero attached hydrogens (tertiary/aromatic N) is 2. The second kappa shape index (κ2) is 7.49. The van der Waals surface area contributed by atoms with E-state index in [-0.39, 0.29) is 24.1 Å². The minimum absolute atomic E-state index is 0.00334. The lowest BCUT2D eigenvalue weighted by Gasteiger charge is -2.18. The number of carbonyl (C=O) groups excluding carboxylic acids is 2. The van der Waals surface area contributed by atoms with Crippen LogP contribution in [0.1, 0.15) is 54.3 Å². The first-order chi connectivity index (χ1) is 12.7. The van der Waals surface area contributed by atoms with Gasteiger partial charge in [0, 0.05) is 11.5 Å². The third kappa shape index (κ3) is 3.75. The summed E-state index contributed by atoms with van der Waals surface area (Å²) < 4.78 is 11.0. The molecule has 0 saturated heterocycles. The number of anilines is 1. The number of nitrogens with one attached hydrogen (secondary N) is 1. The molecule has 2 aliphatic rings. The molecule has 1 aromatic carbocycles. The van der Waals surface area contributed by atoms with Crippen molar-refractivity contribution in [1.29, 1.82) is 0 Å². The molecule has 1 aromatic heterocycles. The maximum Gasteiger partial charge on any atom is 0.277 e. The SMILES string of the molecule is O=C1COc2ccc(C(=O)CSc3nnc(C4CCCCC4)o3)cc2N1. The van der Waals surface area contributed by atoms with E-state index in [1.165, 1.54) is 31.0 Å². The zero-order valence-corrected chi connectivity index (χ0v) is 15.0. The molecule has 2 heterocycles. The number of ketones is 1. The van der Waals surface area contributed by atoms with Crippen LogP contribution in [0.2, 0.25) is 0 Å². The van der Waals surface area contributed by atoms with Crippen LogP contribution < -0.4 is 10.1 Å². The molecule has 26 heavy (non-hydrogen) atoms. The minimum Gasteiger partial charge on any atom is -0.482 e. The van der Waals surface area contributed by atoms with Crippen molar-refractivity contribution in [2.75, 3.05) is 17.7 Å². The van der Waals surface area contributed by atoms with Crippen molar-refractivity contribution in [3.8, 4) is 5.75 Å². The normalized spacial score (nSPS) is 17.3. The van der Waals surface area contributed by atoms with Crippen molar-refractivity contribution in [3.63, 3.8) is 0 Å². The van der Waals surface area contributed by atoms with E-state index in [2.05, 4.69) is 15.5 Å². The summed E-state index contributed by atoms with van der Waals surface area (Å²) in [5.41, 5.74) is 1.03. The molecule has 1 aliphatic carbocycles. The van der Waals surface area contributed by atoms with E-state index in [0.29, 0.717) is 34.0 Å². The Morgan fingerprint density at radius 3 is 2.92 bits per heavy atom. The average molecular weight is 373 g/mol. The molecule has 1 amide bonds. The van der Waals surface area contributed by atoms with E-state index in [4.69, 9.17) is 9.15 Å². The first-order valence-electron chi connectivity index (χ1n) is 8.75. The highest BCUT2D eigenvalue weighted by molar-refractivity contribution is 7.99. The molecule has 0 unspecified atom stereocenters. The van der Waals surface area contributed by atoms with Crippen molar-refractivity contribution >= 4 is 29.1 Å². The molecule has 0 atom stereocenters. The van der Waals surface area contributed by atoms with Crippen LogP contribution in [0, 0.1) is 0 Å². The summed E-state index contributed by atoms with van der Waals surface area (Å²) in [7, 11) is 0. The minimum atomic E-state index is -0.224. The van der Waals surface area contributed by atoms with Gasteiger partial charge in [-0.05, 0) is 31.0 Å². The van der Waals surface area contributed by atoms with Crippen LogP contribution in [0.3, 0.4) is 0 Å². The van der Waals surface area contributed by atoms with Gasteiger partial charge in [0.2, 0.25) is 5.89 Å². The Morgan fingerprint density at radius 1 is 1.23 bits per heavy atom. The fourth-order valence-corrected chi connectivity index (χ4v) is 3.92. The largest absolute Gasteiger partial charge is 0.482 e. The Kier molecular flexibility index (Phi) is 4.92. The predicted molar refractivity (Wildman–Crippen MR) is 95.7 cm³/mol. The number of Topliss-reactive ketones (excluding diaryl/α,β-unsaturated/α-hetero) is 1. The van der Waals surface area contributed by atoms with Gasteiger partial charge in [-0.1, -0.05) is 31.0 Å². The fraction of sp³-hybridized carbons (Fsp3) is 0.444. The van der Waals surface area contributed by atoms with E-state index < -0.39 is 0 Å². The Morgan fingerprint density at radius 2 is 2.08 bits per heavy atom. The number of fused-ring (bicyclic) bond motifs is 1. The molecule has 0 bridgehead atoms. The standard InChI is InChI=1S/C18H19N3O4S/c22-14(12-6-7-15-13(8-12)19-16(23)9-24-15)10-26-18-21-20-17(25-18)11-4-2-1-3-5-11/h6-8,11H,1-5,9-10H2,(H,19,23). The zero-order valence-electron chi connectivity index (χ0n) is 14.2. The molecule has 1 N–H and O–H groups in total. The number of ether oxygens (including phenoxy) is 1. The van der Waals surface area contributed by atoms with Crippen LogP contribution in [0.4, 0.5) is 5.69 Å². The highest BCUT2D eigenvalue weighted by Crippen LogP contribution is 2.33. The number of carbonyl (C=O) groups is 2. The Labute approximate surface area is 154 Å². The van der Waals surface area contributed by atoms with E-state index in [9.17, 15) is 9.59 Å². The number of amides is 1. The Hall–Kier alpha value is -2.35. The lowest BCUT2D eigenvalue weighted by atomic mass is 9.89. The van der Waals surface area contributed by atoms with Gasteiger partial charge in [-0.15, -0.1) is 10.2 Å². The first kappa shape index (κ1) is 17.1. The smallest absolute Gasteiger partial charge is 0.277 e. The summed E-state index contributed by atoms with van der Waals surface area (Å²) in [4.78, 5) is 23.8. The molecule has 136 valence electrons. The van der Waals surface area contributed by atoms with Crippen molar-refractivity contribution in [2.45, 2.75) is 43.2 Å². The Balaban J connectivity index is 1.37. The molecule has 1 saturated carbocycles. The van der Waals surface area contributed by atoms with Crippen LogP contribution in [0.15, 0.2) is 27.8 Å². The summed E-state index contributed by atoms with van der Waals surface area (Å²) >= 11 is 1.24. The monoisotopic (exact) mass is 373 g/mol. The van der Waals surface area contributed by atoms with E-state index in [1.54, 1.807) is 18.2 Å². The quantitative estimate of drug-likeness (QED) is 0.634. The maximum absolute atomic E-state index is 12.4. The molecule has 0 spiro atoms.